The Bertz CT molecular complexity index is 1240. The molecule has 0 saturated carbocycles. The number of aromatic nitrogens is 4. The van der Waals surface area contributed by atoms with Gasteiger partial charge in [-0.2, -0.15) is 5.10 Å². The first-order chi connectivity index (χ1) is 16.1. The normalized spacial score (nSPS) is 11.0. The summed E-state index contributed by atoms with van der Waals surface area (Å²) in [6, 6.07) is 21.2. The number of carbonyl (C=O) groups excluding carboxylic acids is 1. The minimum absolute atomic E-state index is 0.131. The molecular formula is C24H22N6O2S. The lowest BCUT2D eigenvalue weighted by atomic mass is 10.2. The minimum atomic E-state index is -0.253. The molecule has 0 aliphatic carbocycles. The highest BCUT2D eigenvalue weighted by molar-refractivity contribution is 7.99. The molecular weight excluding hydrogens is 436 g/mol. The summed E-state index contributed by atoms with van der Waals surface area (Å²) in [5.74, 6) is 1.32. The number of hydrazone groups is 1. The minimum Gasteiger partial charge on any atom is -0.497 e. The van der Waals surface area contributed by atoms with Crippen LogP contribution in [0.5, 0.6) is 5.75 Å². The average Bonchev–Trinajstić information content (AvgIpc) is 3.28. The first-order valence-electron chi connectivity index (χ1n) is 10.2. The zero-order valence-electron chi connectivity index (χ0n) is 18.2. The van der Waals surface area contributed by atoms with E-state index in [1.165, 1.54) is 18.0 Å². The maximum atomic E-state index is 12.3. The van der Waals surface area contributed by atoms with Gasteiger partial charge in [0.05, 0.1) is 24.8 Å². The number of nitrogens with one attached hydrogen (secondary N) is 1. The van der Waals surface area contributed by atoms with Gasteiger partial charge in [0.25, 0.3) is 5.91 Å². The summed E-state index contributed by atoms with van der Waals surface area (Å²) in [6.45, 7) is 2.03. The number of carbonyl (C=O) groups is 1. The van der Waals surface area contributed by atoms with E-state index in [4.69, 9.17) is 4.74 Å². The molecule has 0 unspecified atom stereocenters. The summed E-state index contributed by atoms with van der Waals surface area (Å²) in [5.41, 5.74) is 6.13. The Labute approximate surface area is 195 Å². The topological polar surface area (TPSA) is 94.3 Å². The van der Waals surface area contributed by atoms with Crippen molar-refractivity contribution in [3.8, 4) is 22.8 Å². The van der Waals surface area contributed by atoms with Crippen molar-refractivity contribution in [2.24, 2.45) is 5.10 Å². The number of nitrogens with zero attached hydrogens (tertiary/aromatic N) is 5. The summed E-state index contributed by atoms with van der Waals surface area (Å²) < 4.78 is 7.20. The van der Waals surface area contributed by atoms with Gasteiger partial charge < -0.3 is 4.74 Å². The molecule has 2 aromatic carbocycles. The van der Waals surface area contributed by atoms with Crippen molar-refractivity contribution in [2.75, 3.05) is 12.9 Å². The molecule has 9 heteroatoms. The van der Waals surface area contributed by atoms with Crippen LogP contribution in [0.3, 0.4) is 0 Å². The van der Waals surface area contributed by atoms with Crippen molar-refractivity contribution < 1.29 is 9.53 Å². The largest absolute Gasteiger partial charge is 0.497 e. The fourth-order valence-corrected chi connectivity index (χ4v) is 3.75. The summed E-state index contributed by atoms with van der Waals surface area (Å²) in [7, 11) is 1.63. The SMILES string of the molecule is COc1ccc(-c2nnc(SCC(=O)N/N=C/c3ccccn3)n2-c2ccc(C)cc2)cc1. The van der Waals surface area contributed by atoms with Crippen molar-refractivity contribution in [1.82, 2.24) is 25.2 Å². The van der Waals surface area contributed by atoms with Crippen LogP contribution in [0.2, 0.25) is 0 Å². The third kappa shape index (κ3) is 5.64. The van der Waals surface area contributed by atoms with Gasteiger partial charge in [0.15, 0.2) is 11.0 Å². The summed E-state index contributed by atoms with van der Waals surface area (Å²) in [5, 5.41) is 13.3. The fourth-order valence-electron chi connectivity index (χ4n) is 3.00. The molecule has 2 heterocycles. The van der Waals surface area contributed by atoms with Gasteiger partial charge in [-0.15, -0.1) is 10.2 Å². The van der Waals surface area contributed by atoms with Crippen molar-refractivity contribution in [3.63, 3.8) is 0 Å². The quantitative estimate of drug-likeness (QED) is 0.245. The van der Waals surface area contributed by atoms with Crippen molar-refractivity contribution >= 4 is 23.9 Å². The molecule has 0 aliphatic heterocycles. The van der Waals surface area contributed by atoms with Crippen LogP contribution in [0.1, 0.15) is 11.3 Å². The molecule has 166 valence electrons. The van der Waals surface area contributed by atoms with Crippen LogP contribution in [0.25, 0.3) is 17.1 Å². The number of rotatable bonds is 8. The van der Waals surface area contributed by atoms with E-state index < -0.39 is 0 Å². The Balaban J connectivity index is 1.53. The second-order valence-corrected chi connectivity index (χ2v) is 7.98. The Morgan fingerprint density at radius 2 is 1.88 bits per heavy atom. The number of methoxy groups -OCH3 is 1. The first kappa shape index (κ1) is 22.2. The highest BCUT2D eigenvalue weighted by Crippen LogP contribution is 2.29. The standard InChI is InChI=1S/C24H22N6O2S/c1-17-6-10-20(11-7-17)30-23(18-8-12-21(32-2)13-9-18)28-29-24(30)33-16-22(31)27-26-15-19-5-3-4-14-25-19/h3-15H,16H2,1-2H3,(H,27,31)/b26-15+. The predicted octanol–water partition coefficient (Wildman–Crippen LogP) is 3.89. The van der Waals surface area contributed by atoms with E-state index in [1.54, 1.807) is 19.4 Å². The smallest absolute Gasteiger partial charge is 0.250 e. The van der Waals surface area contributed by atoms with Gasteiger partial charge in [0.1, 0.15) is 5.75 Å². The number of aryl methyl sites for hydroxylation is 1. The van der Waals surface area contributed by atoms with Crippen LogP contribution < -0.4 is 10.2 Å². The van der Waals surface area contributed by atoms with E-state index in [0.29, 0.717) is 16.7 Å². The molecule has 0 radical (unpaired) electrons. The van der Waals surface area contributed by atoms with Crippen LogP contribution in [0, 0.1) is 6.92 Å². The van der Waals surface area contributed by atoms with E-state index >= 15 is 0 Å². The Kier molecular flexibility index (Phi) is 7.11. The van der Waals surface area contributed by atoms with Gasteiger partial charge in [-0.3, -0.25) is 14.3 Å². The van der Waals surface area contributed by atoms with E-state index in [9.17, 15) is 4.79 Å². The molecule has 4 aromatic rings. The lowest BCUT2D eigenvalue weighted by molar-refractivity contribution is -0.118. The summed E-state index contributed by atoms with van der Waals surface area (Å²) in [4.78, 5) is 16.4. The first-order valence-corrected chi connectivity index (χ1v) is 11.2. The van der Waals surface area contributed by atoms with Crippen molar-refractivity contribution in [2.45, 2.75) is 12.1 Å². The second-order valence-electron chi connectivity index (χ2n) is 7.04. The van der Waals surface area contributed by atoms with Crippen molar-refractivity contribution in [1.29, 1.82) is 0 Å². The van der Waals surface area contributed by atoms with E-state index in [-0.39, 0.29) is 11.7 Å². The van der Waals surface area contributed by atoms with E-state index in [2.05, 4.69) is 25.7 Å². The number of hydrogen-bond acceptors (Lipinski definition) is 7. The number of hydrogen-bond donors (Lipinski definition) is 1. The van der Waals surface area contributed by atoms with E-state index in [0.717, 1.165) is 22.6 Å². The molecule has 0 saturated heterocycles. The van der Waals surface area contributed by atoms with Gasteiger partial charge in [0.2, 0.25) is 0 Å². The third-order valence-electron chi connectivity index (χ3n) is 4.68. The third-order valence-corrected chi connectivity index (χ3v) is 5.61. The molecule has 8 nitrogen and oxygen atoms in total. The van der Waals surface area contributed by atoms with Crippen LogP contribution in [0.15, 0.2) is 83.2 Å². The van der Waals surface area contributed by atoms with Crippen molar-refractivity contribution in [3.05, 3.63) is 84.2 Å². The molecule has 2 aromatic heterocycles. The number of ether oxygens (including phenoxy) is 1. The highest BCUT2D eigenvalue weighted by Gasteiger charge is 2.17. The average molecular weight is 459 g/mol. The molecule has 0 fully saturated rings. The number of benzene rings is 2. The maximum Gasteiger partial charge on any atom is 0.250 e. The molecule has 1 amide bonds. The Morgan fingerprint density at radius 3 is 2.58 bits per heavy atom. The molecule has 0 bridgehead atoms. The molecule has 0 atom stereocenters. The maximum absolute atomic E-state index is 12.3. The van der Waals surface area contributed by atoms with Gasteiger partial charge in [-0.05, 0) is 55.5 Å². The Morgan fingerprint density at radius 1 is 1.09 bits per heavy atom. The second kappa shape index (κ2) is 10.6. The number of amides is 1. The van der Waals surface area contributed by atoms with Crippen LogP contribution in [0.4, 0.5) is 0 Å². The lowest BCUT2D eigenvalue weighted by Gasteiger charge is -2.11. The molecule has 33 heavy (non-hydrogen) atoms. The monoisotopic (exact) mass is 458 g/mol. The Hall–Kier alpha value is -3.98. The van der Waals surface area contributed by atoms with Gasteiger partial charge >= 0.3 is 0 Å². The van der Waals surface area contributed by atoms with Gasteiger partial charge in [-0.25, -0.2) is 5.43 Å². The molecule has 0 aliphatic rings. The van der Waals surface area contributed by atoms with Crippen LogP contribution >= 0.6 is 11.8 Å². The van der Waals surface area contributed by atoms with E-state index in [1.807, 2.05) is 72.2 Å². The predicted molar refractivity (Wildman–Crippen MR) is 129 cm³/mol. The van der Waals surface area contributed by atoms with Crippen LogP contribution in [-0.2, 0) is 4.79 Å². The van der Waals surface area contributed by atoms with Gasteiger partial charge in [-0.1, -0.05) is 35.5 Å². The summed E-state index contributed by atoms with van der Waals surface area (Å²) in [6.07, 6.45) is 3.16. The highest BCUT2D eigenvalue weighted by atomic mass is 32.2. The molecule has 4 rings (SSSR count). The summed E-state index contributed by atoms with van der Waals surface area (Å²) >= 11 is 1.29. The number of thioether (sulfide) groups is 1. The number of pyridine rings is 1. The fraction of sp³-hybridized carbons (Fsp3) is 0.125. The zero-order valence-corrected chi connectivity index (χ0v) is 19.0. The zero-order chi connectivity index (χ0) is 23.0. The van der Waals surface area contributed by atoms with Gasteiger partial charge in [0, 0.05) is 17.4 Å². The van der Waals surface area contributed by atoms with Crippen LogP contribution in [-0.4, -0.2) is 44.7 Å². The molecule has 1 N–H and O–H groups in total. The molecule has 0 spiro atoms. The lowest BCUT2D eigenvalue weighted by Crippen LogP contribution is -2.20.